The van der Waals surface area contributed by atoms with Crippen molar-refractivity contribution in [3.63, 3.8) is 0 Å². The second kappa shape index (κ2) is 4.13. The van der Waals surface area contributed by atoms with Crippen LogP contribution in [0.2, 0.25) is 0 Å². The molecule has 2 heteroatoms. The molecule has 0 aliphatic heterocycles. The van der Waals surface area contributed by atoms with Gasteiger partial charge in [-0.25, -0.2) is 0 Å². The first-order chi connectivity index (χ1) is 4.20. The Morgan fingerprint density at radius 3 is 2.33 bits per heavy atom. The maximum Gasteiger partial charge on any atom is 0.120 e. The highest BCUT2D eigenvalue weighted by Gasteiger charge is 1.91. The Kier molecular flexibility index (Phi) is 3.76. The summed E-state index contributed by atoms with van der Waals surface area (Å²) in [7, 11) is 1.74. The second-order valence-electron chi connectivity index (χ2n) is 2.11. The summed E-state index contributed by atoms with van der Waals surface area (Å²) >= 11 is 0. The van der Waals surface area contributed by atoms with Crippen LogP contribution in [0.25, 0.3) is 0 Å². The SMILES string of the molecule is C=CC(=NC)NC(C)C. The van der Waals surface area contributed by atoms with E-state index in [9.17, 15) is 0 Å². The molecule has 9 heavy (non-hydrogen) atoms. The topological polar surface area (TPSA) is 24.4 Å². The minimum Gasteiger partial charge on any atom is -0.368 e. The third kappa shape index (κ3) is 3.76. The number of rotatable bonds is 2. The van der Waals surface area contributed by atoms with E-state index >= 15 is 0 Å². The van der Waals surface area contributed by atoms with E-state index in [0.717, 1.165) is 5.84 Å². The molecular weight excluding hydrogens is 112 g/mol. The van der Waals surface area contributed by atoms with Gasteiger partial charge in [-0.2, -0.15) is 0 Å². The molecule has 0 unspecified atom stereocenters. The predicted octanol–water partition coefficient (Wildman–Crippen LogP) is 1.20. The Hall–Kier alpha value is -0.790. The number of nitrogens with zero attached hydrogens (tertiary/aromatic N) is 1. The molecule has 0 atom stereocenters. The average molecular weight is 126 g/mol. The molecule has 0 saturated heterocycles. The Morgan fingerprint density at radius 1 is 1.67 bits per heavy atom. The van der Waals surface area contributed by atoms with Crippen LogP contribution in [0, 0.1) is 0 Å². The van der Waals surface area contributed by atoms with E-state index in [1.54, 1.807) is 13.1 Å². The van der Waals surface area contributed by atoms with Gasteiger partial charge in [-0.05, 0) is 19.9 Å². The lowest BCUT2D eigenvalue weighted by Crippen LogP contribution is -2.28. The third-order valence-electron chi connectivity index (χ3n) is 0.871. The zero-order chi connectivity index (χ0) is 7.28. The molecule has 0 radical (unpaired) electrons. The molecule has 0 aromatic carbocycles. The van der Waals surface area contributed by atoms with Crippen LogP contribution in [0.1, 0.15) is 13.8 Å². The maximum absolute atomic E-state index is 3.93. The van der Waals surface area contributed by atoms with E-state index < -0.39 is 0 Å². The second-order valence-corrected chi connectivity index (χ2v) is 2.11. The Labute approximate surface area is 56.7 Å². The zero-order valence-electron chi connectivity index (χ0n) is 6.31. The van der Waals surface area contributed by atoms with E-state index in [0.29, 0.717) is 6.04 Å². The van der Waals surface area contributed by atoms with Crippen molar-refractivity contribution in [1.82, 2.24) is 5.32 Å². The zero-order valence-corrected chi connectivity index (χ0v) is 6.31. The molecule has 0 aliphatic carbocycles. The van der Waals surface area contributed by atoms with Gasteiger partial charge in [-0.15, -0.1) is 0 Å². The molecule has 0 fully saturated rings. The molecule has 0 rings (SSSR count). The van der Waals surface area contributed by atoms with Gasteiger partial charge in [-0.1, -0.05) is 6.58 Å². The summed E-state index contributed by atoms with van der Waals surface area (Å²) < 4.78 is 0. The van der Waals surface area contributed by atoms with E-state index in [1.807, 2.05) is 0 Å². The summed E-state index contributed by atoms with van der Waals surface area (Å²) in [6.07, 6.45) is 1.71. The molecular formula is C7H14N2. The van der Waals surface area contributed by atoms with Crippen LogP contribution in [0.15, 0.2) is 17.6 Å². The summed E-state index contributed by atoms with van der Waals surface area (Å²) in [6.45, 7) is 7.72. The fourth-order valence-electron chi connectivity index (χ4n) is 0.511. The molecule has 0 aromatic heterocycles. The van der Waals surface area contributed by atoms with Gasteiger partial charge in [0.25, 0.3) is 0 Å². The molecule has 0 amide bonds. The normalized spacial score (nSPS) is 11.8. The van der Waals surface area contributed by atoms with Gasteiger partial charge in [0.1, 0.15) is 5.84 Å². The number of aliphatic imine (C=N–C) groups is 1. The number of hydrogen-bond acceptors (Lipinski definition) is 1. The molecule has 0 saturated carbocycles. The lowest BCUT2D eigenvalue weighted by atomic mass is 10.4. The standard InChI is InChI=1S/C7H14N2/c1-5-7(8-4)9-6(2)3/h5-6H,1H2,2-4H3,(H,8,9). The van der Waals surface area contributed by atoms with E-state index in [2.05, 4.69) is 30.7 Å². The first kappa shape index (κ1) is 8.21. The van der Waals surface area contributed by atoms with Gasteiger partial charge in [0.15, 0.2) is 0 Å². The van der Waals surface area contributed by atoms with Crippen LogP contribution < -0.4 is 5.32 Å². The van der Waals surface area contributed by atoms with Crippen molar-refractivity contribution >= 4 is 5.84 Å². The lowest BCUT2D eigenvalue weighted by Gasteiger charge is -2.07. The Balaban J connectivity index is 3.71. The van der Waals surface area contributed by atoms with Crippen molar-refractivity contribution in [1.29, 1.82) is 0 Å². The van der Waals surface area contributed by atoms with Crippen molar-refractivity contribution in [2.45, 2.75) is 19.9 Å². The van der Waals surface area contributed by atoms with Crippen LogP contribution in [0.4, 0.5) is 0 Å². The maximum atomic E-state index is 3.93. The number of hydrogen-bond donors (Lipinski definition) is 1. The first-order valence-corrected chi connectivity index (χ1v) is 3.06. The minimum atomic E-state index is 0.432. The molecule has 0 aromatic rings. The number of amidine groups is 1. The van der Waals surface area contributed by atoms with E-state index in [-0.39, 0.29) is 0 Å². The van der Waals surface area contributed by atoms with Crippen molar-refractivity contribution < 1.29 is 0 Å². The Bertz CT molecular complexity index is 114. The van der Waals surface area contributed by atoms with Gasteiger partial charge in [-0.3, -0.25) is 4.99 Å². The van der Waals surface area contributed by atoms with Crippen LogP contribution in [0.5, 0.6) is 0 Å². The first-order valence-electron chi connectivity index (χ1n) is 3.06. The summed E-state index contributed by atoms with van der Waals surface area (Å²) in [5.41, 5.74) is 0. The lowest BCUT2D eigenvalue weighted by molar-refractivity contribution is 0.734. The molecule has 52 valence electrons. The summed E-state index contributed by atoms with van der Waals surface area (Å²) in [5.74, 6) is 0.852. The smallest absolute Gasteiger partial charge is 0.120 e. The van der Waals surface area contributed by atoms with Crippen molar-refractivity contribution in [2.24, 2.45) is 4.99 Å². The van der Waals surface area contributed by atoms with Gasteiger partial charge in [0.2, 0.25) is 0 Å². The summed E-state index contributed by atoms with van der Waals surface area (Å²) in [5, 5.41) is 3.11. The van der Waals surface area contributed by atoms with E-state index in [1.165, 1.54) is 0 Å². The van der Waals surface area contributed by atoms with Crippen LogP contribution in [-0.4, -0.2) is 18.9 Å². The minimum absolute atomic E-state index is 0.432. The van der Waals surface area contributed by atoms with Crippen molar-refractivity contribution in [3.8, 4) is 0 Å². The molecule has 0 spiro atoms. The van der Waals surface area contributed by atoms with Crippen molar-refractivity contribution in [3.05, 3.63) is 12.7 Å². The predicted molar refractivity (Wildman–Crippen MR) is 41.8 cm³/mol. The molecule has 2 nitrogen and oxygen atoms in total. The van der Waals surface area contributed by atoms with Gasteiger partial charge >= 0.3 is 0 Å². The van der Waals surface area contributed by atoms with E-state index in [4.69, 9.17) is 0 Å². The van der Waals surface area contributed by atoms with Gasteiger partial charge < -0.3 is 5.32 Å². The Morgan fingerprint density at radius 2 is 2.22 bits per heavy atom. The van der Waals surface area contributed by atoms with Crippen LogP contribution in [0.3, 0.4) is 0 Å². The third-order valence-corrected chi connectivity index (χ3v) is 0.871. The molecule has 0 heterocycles. The molecule has 0 aliphatic rings. The average Bonchev–Trinajstić information content (AvgIpc) is 1.82. The highest BCUT2D eigenvalue weighted by Crippen LogP contribution is 1.79. The fourth-order valence-corrected chi connectivity index (χ4v) is 0.511. The monoisotopic (exact) mass is 126 g/mol. The highest BCUT2D eigenvalue weighted by molar-refractivity contribution is 5.92. The van der Waals surface area contributed by atoms with Crippen LogP contribution >= 0.6 is 0 Å². The molecule has 0 bridgehead atoms. The summed E-state index contributed by atoms with van der Waals surface area (Å²) in [4.78, 5) is 3.93. The summed E-state index contributed by atoms with van der Waals surface area (Å²) in [6, 6.07) is 0.432. The largest absolute Gasteiger partial charge is 0.368 e. The van der Waals surface area contributed by atoms with Crippen molar-refractivity contribution in [2.75, 3.05) is 7.05 Å². The van der Waals surface area contributed by atoms with Gasteiger partial charge in [0.05, 0.1) is 0 Å². The highest BCUT2D eigenvalue weighted by atomic mass is 15.0. The number of nitrogens with one attached hydrogen (secondary N) is 1. The quantitative estimate of drug-likeness (QED) is 0.436. The van der Waals surface area contributed by atoms with Gasteiger partial charge in [0, 0.05) is 13.1 Å². The fraction of sp³-hybridized carbons (Fsp3) is 0.571. The molecule has 1 N–H and O–H groups in total. The van der Waals surface area contributed by atoms with Crippen LogP contribution in [-0.2, 0) is 0 Å².